The number of anilines is 1. The molecular weight excluding hydrogens is 422 g/mol. The Hall–Kier alpha value is -2.93. The first-order valence-electron chi connectivity index (χ1n) is 8.66. The number of nitrogens with zero attached hydrogens (tertiary/aromatic N) is 2. The summed E-state index contributed by atoms with van der Waals surface area (Å²) in [6.45, 7) is 3.56. The first-order valence-corrected chi connectivity index (χ1v) is 9.45. The second-order valence-corrected chi connectivity index (χ2v) is 7.24. The van der Waals surface area contributed by atoms with Crippen molar-refractivity contribution in [1.29, 1.82) is 0 Å². The molecule has 1 N–H and O–H groups in total. The minimum absolute atomic E-state index is 0.136. The van der Waals surface area contributed by atoms with E-state index in [-0.39, 0.29) is 18.0 Å². The van der Waals surface area contributed by atoms with Crippen LogP contribution in [0.25, 0.3) is 11.4 Å². The summed E-state index contributed by atoms with van der Waals surface area (Å²) in [6, 6.07) is 14.2. The Morgan fingerprint density at radius 1 is 1.14 bits per heavy atom. The Bertz CT molecular complexity index is 1080. The van der Waals surface area contributed by atoms with Gasteiger partial charge in [0.05, 0.1) is 7.11 Å². The zero-order valence-corrected chi connectivity index (χ0v) is 17.4. The monoisotopic (exact) mass is 441 g/mol. The van der Waals surface area contributed by atoms with Crippen molar-refractivity contribution in [3.63, 3.8) is 0 Å². The number of rotatable bonds is 5. The zero-order valence-electron chi connectivity index (χ0n) is 15.8. The van der Waals surface area contributed by atoms with Gasteiger partial charge in [0, 0.05) is 27.5 Å². The van der Waals surface area contributed by atoms with Crippen molar-refractivity contribution in [2.24, 2.45) is 0 Å². The molecule has 0 saturated carbocycles. The number of aromatic nitrogens is 2. The van der Waals surface area contributed by atoms with Gasteiger partial charge in [-0.3, -0.25) is 14.2 Å². The molecule has 1 heterocycles. The van der Waals surface area contributed by atoms with Gasteiger partial charge in [-0.1, -0.05) is 15.9 Å². The van der Waals surface area contributed by atoms with Crippen molar-refractivity contribution in [3.05, 3.63) is 74.6 Å². The fraction of sp³-hybridized carbons (Fsp3) is 0.190. The number of hydrogen-bond donors (Lipinski definition) is 1. The summed E-state index contributed by atoms with van der Waals surface area (Å²) in [7, 11) is 1.59. The summed E-state index contributed by atoms with van der Waals surface area (Å²) < 4.78 is 7.51. The third-order valence-corrected chi connectivity index (χ3v) is 5.12. The number of carbonyl (C=O) groups is 1. The maximum atomic E-state index is 12.6. The van der Waals surface area contributed by atoms with Crippen LogP contribution in [0.15, 0.2) is 57.8 Å². The molecule has 0 aliphatic heterocycles. The number of benzene rings is 2. The largest absolute Gasteiger partial charge is 0.497 e. The van der Waals surface area contributed by atoms with E-state index in [9.17, 15) is 9.59 Å². The van der Waals surface area contributed by atoms with E-state index < -0.39 is 0 Å². The predicted octanol–water partition coefficient (Wildman–Crippen LogP) is 3.94. The number of halogens is 1. The molecule has 7 heteroatoms. The number of ether oxygens (including phenoxy) is 1. The van der Waals surface area contributed by atoms with Crippen LogP contribution in [0.5, 0.6) is 5.75 Å². The second-order valence-electron chi connectivity index (χ2n) is 6.39. The summed E-state index contributed by atoms with van der Waals surface area (Å²) in [4.78, 5) is 29.6. The molecule has 0 atom stereocenters. The van der Waals surface area contributed by atoms with E-state index in [1.807, 2.05) is 31.2 Å². The van der Waals surface area contributed by atoms with Gasteiger partial charge < -0.3 is 10.1 Å². The molecule has 0 aliphatic rings. The van der Waals surface area contributed by atoms with Crippen LogP contribution in [0, 0.1) is 13.8 Å². The highest BCUT2D eigenvalue weighted by Gasteiger charge is 2.14. The lowest BCUT2D eigenvalue weighted by molar-refractivity contribution is -0.116. The Balaban J connectivity index is 1.91. The standard InChI is InChI=1S/C21H20BrN3O3/c1-13-10-16(6-9-18(13)22)24-19(26)12-25-20(27)11-14(2)23-21(25)15-4-7-17(28-3)8-5-15/h4-11H,12H2,1-3H3,(H,24,26). The average Bonchev–Trinajstić information content (AvgIpc) is 2.67. The molecule has 1 aromatic heterocycles. The van der Waals surface area contributed by atoms with Crippen LogP contribution in [0.3, 0.4) is 0 Å². The van der Waals surface area contributed by atoms with Gasteiger partial charge in [0.1, 0.15) is 18.1 Å². The van der Waals surface area contributed by atoms with Gasteiger partial charge in [0.15, 0.2) is 0 Å². The van der Waals surface area contributed by atoms with Gasteiger partial charge in [-0.15, -0.1) is 0 Å². The molecule has 1 amide bonds. The minimum atomic E-state index is -0.302. The molecule has 0 fully saturated rings. The van der Waals surface area contributed by atoms with Crippen LogP contribution in [-0.2, 0) is 11.3 Å². The van der Waals surface area contributed by atoms with E-state index in [1.54, 1.807) is 32.2 Å². The molecule has 0 radical (unpaired) electrons. The van der Waals surface area contributed by atoms with Crippen LogP contribution < -0.4 is 15.6 Å². The lowest BCUT2D eigenvalue weighted by Crippen LogP contribution is -2.29. The topological polar surface area (TPSA) is 73.2 Å². The normalized spacial score (nSPS) is 10.6. The first kappa shape index (κ1) is 19.8. The molecular formula is C21H20BrN3O3. The zero-order chi connectivity index (χ0) is 20.3. The van der Waals surface area contributed by atoms with Crippen LogP contribution in [0.2, 0.25) is 0 Å². The molecule has 0 aliphatic carbocycles. The Morgan fingerprint density at radius 3 is 2.50 bits per heavy atom. The third-order valence-electron chi connectivity index (χ3n) is 4.23. The van der Waals surface area contributed by atoms with E-state index in [2.05, 4.69) is 26.2 Å². The number of nitrogens with one attached hydrogen (secondary N) is 1. The highest BCUT2D eigenvalue weighted by Crippen LogP contribution is 2.22. The SMILES string of the molecule is COc1ccc(-c2nc(C)cc(=O)n2CC(=O)Nc2ccc(Br)c(C)c2)cc1. The summed E-state index contributed by atoms with van der Waals surface area (Å²) in [5, 5.41) is 2.83. The van der Waals surface area contributed by atoms with Gasteiger partial charge in [-0.05, 0) is 61.9 Å². The maximum Gasteiger partial charge on any atom is 0.254 e. The third kappa shape index (κ3) is 4.48. The Morgan fingerprint density at radius 2 is 1.86 bits per heavy atom. The number of carbonyl (C=O) groups excluding carboxylic acids is 1. The molecule has 0 bridgehead atoms. The van der Waals surface area contributed by atoms with Crippen molar-refractivity contribution in [2.75, 3.05) is 12.4 Å². The molecule has 3 aromatic rings. The average molecular weight is 442 g/mol. The van der Waals surface area contributed by atoms with Crippen LogP contribution in [-0.4, -0.2) is 22.6 Å². The van der Waals surface area contributed by atoms with E-state index in [0.29, 0.717) is 23.0 Å². The van der Waals surface area contributed by atoms with Crippen LogP contribution in [0.1, 0.15) is 11.3 Å². The van der Waals surface area contributed by atoms with Crippen molar-refractivity contribution < 1.29 is 9.53 Å². The highest BCUT2D eigenvalue weighted by molar-refractivity contribution is 9.10. The highest BCUT2D eigenvalue weighted by atomic mass is 79.9. The summed E-state index contributed by atoms with van der Waals surface area (Å²) in [5.74, 6) is 0.840. The van der Waals surface area contributed by atoms with Crippen molar-refractivity contribution in [1.82, 2.24) is 9.55 Å². The smallest absolute Gasteiger partial charge is 0.254 e. The first-order chi connectivity index (χ1) is 13.4. The summed E-state index contributed by atoms with van der Waals surface area (Å²) in [6.07, 6.45) is 0. The van der Waals surface area contributed by atoms with E-state index in [1.165, 1.54) is 10.6 Å². The molecule has 144 valence electrons. The van der Waals surface area contributed by atoms with Gasteiger partial charge in [-0.25, -0.2) is 4.98 Å². The van der Waals surface area contributed by atoms with Crippen molar-refractivity contribution >= 4 is 27.5 Å². The van der Waals surface area contributed by atoms with Gasteiger partial charge in [0.2, 0.25) is 5.91 Å². The second kappa shape index (κ2) is 8.39. The van der Waals surface area contributed by atoms with Gasteiger partial charge in [-0.2, -0.15) is 0 Å². The molecule has 0 unspecified atom stereocenters. The molecule has 0 spiro atoms. The quantitative estimate of drug-likeness (QED) is 0.650. The number of methoxy groups -OCH3 is 1. The lowest BCUT2D eigenvalue weighted by Gasteiger charge is -2.14. The summed E-state index contributed by atoms with van der Waals surface area (Å²) in [5.41, 5.74) is 2.72. The maximum absolute atomic E-state index is 12.6. The van der Waals surface area contributed by atoms with E-state index >= 15 is 0 Å². The molecule has 28 heavy (non-hydrogen) atoms. The van der Waals surface area contributed by atoms with Gasteiger partial charge in [0.25, 0.3) is 5.56 Å². The molecule has 0 saturated heterocycles. The lowest BCUT2D eigenvalue weighted by atomic mass is 10.2. The van der Waals surface area contributed by atoms with E-state index in [4.69, 9.17) is 4.74 Å². The van der Waals surface area contributed by atoms with Crippen LogP contribution in [0.4, 0.5) is 5.69 Å². The number of hydrogen-bond acceptors (Lipinski definition) is 4. The summed E-state index contributed by atoms with van der Waals surface area (Å²) >= 11 is 3.44. The minimum Gasteiger partial charge on any atom is -0.497 e. The Labute approximate surface area is 171 Å². The van der Waals surface area contributed by atoms with Crippen LogP contribution >= 0.6 is 15.9 Å². The molecule has 6 nitrogen and oxygen atoms in total. The number of amides is 1. The molecule has 3 rings (SSSR count). The Kier molecular flexibility index (Phi) is 5.94. The predicted molar refractivity (Wildman–Crippen MR) is 113 cm³/mol. The number of aryl methyl sites for hydroxylation is 2. The van der Waals surface area contributed by atoms with E-state index in [0.717, 1.165) is 15.6 Å². The van der Waals surface area contributed by atoms with Crippen molar-refractivity contribution in [2.45, 2.75) is 20.4 Å². The fourth-order valence-corrected chi connectivity index (χ4v) is 3.05. The van der Waals surface area contributed by atoms with Crippen molar-refractivity contribution in [3.8, 4) is 17.1 Å². The molecule has 2 aromatic carbocycles. The fourth-order valence-electron chi connectivity index (χ4n) is 2.80. The van der Waals surface area contributed by atoms with Gasteiger partial charge >= 0.3 is 0 Å².